The van der Waals surface area contributed by atoms with Crippen LogP contribution in [0.4, 0.5) is 11.4 Å². The number of hydrogen-bond acceptors (Lipinski definition) is 2. The van der Waals surface area contributed by atoms with Crippen LogP contribution in [0.2, 0.25) is 0 Å². The van der Waals surface area contributed by atoms with Gasteiger partial charge in [-0.15, -0.1) is 0 Å². The molecule has 0 aromatic heterocycles. The molecular formula is C16H18N2O. The van der Waals surface area contributed by atoms with Crippen molar-refractivity contribution in [3.63, 3.8) is 0 Å². The molecule has 0 aliphatic heterocycles. The van der Waals surface area contributed by atoms with Gasteiger partial charge < -0.3 is 10.6 Å². The van der Waals surface area contributed by atoms with Gasteiger partial charge in [0, 0.05) is 18.4 Å². The Labute approximate surface area is 113 Å². The van der Waals surface area contributed by atoms with Gasteiger partial charge in [0.1, 0.15) is 0 Å². The van der Waals surface area contributed by atoms with Gasteiger partial charge in [-0.3, -0.25) is 4.79 Å². The summed E-state index contributed by atoms with van der Waals surface area (Å²) in [4.78, 5) is 12.3. The molecule has 0 heterocycles. The molecule has 2 aromatic carbocycles. The summed E-state index contributed by atoms with van der Waals surface area (Å²) >= 11 is 0. The fraction of sp³-hybridized carbons (Fsp3) is 0.188. The molecular weight excluding hydrogens is 236 g/mol. The zero-order valence-corrected chi connectivity index (χ0v) is 11.4. The smallest absolute Gasteiger partial charge is 0.257 e. The monoisotopic (exact) mass is 254 g/mol. The third-order valence-corrected chi connectivity index (χ3v) is 3.08. The molecule has 0 saturated carbocycles. The maximum atomic E-state index is 12.3. The Balaban J connectivity index is 2.30. The second-order valence-electron chi connectivity index (χ2n) is 4.57. The van der Waals surface area contributed by atoms with Crippen molar-refractivity contribution in [2.24, 2.45) is 0 Å². The van der Waals surface area contributed by atoms with Gasteiger partial charge in [-0.25, -0.2) is 0 Å². The first-order chi connectivity index (χ1) is 9.11. The SMILES string of the molecule is CNc1ccc(C)cc1C(=O)Nc1ccccc1C. The predicted molar refractivity (Wildman–Crippen MR) is 79.9 cm³/mol. The van der Waals surface area contributed by atoms with Crippen LogP contribution in [0.25, 0.3) is 0 Å². The highest BCUT2D eigenvalue weighted by Gasteiger charge is 2.11. The average molecular weight is 254 g/mol. The molecule has 2 aromatic rings. The Morgan fingerprint density at radius 3 is 2.42 bits per heavy atom. The Kier molecular flexibility index (Phi) is 3.85. The molecule has 0 aliphatic carbocycles. The van der Waals surface area contributed by atoms with E-state index in [1.54, 1.807) is 0 Å². The fourth-order valence-electron chi connectivity index (χ4n) is 1.97. The van der Waals surface area contributed by atoms with Crippen molar-refractivity contribution in [3.05, 3.63) is 59.2 Å². The van der Waals surface area contributed by atoms with Crippen molar-refractivity contribution in [1.29, 1.82) is 0 Å². The fourth-order valence-corrected chi connectivity index (χ4v) is 1.97. The summed E-state index contributed by atoms with van der Waals surface area (Å²) in [6.07, 6.45) is 0. The van der Waals surface area contributed by atoms with Crippen molar-refractivity contribution in [3.8, 4) is 0 Å². The summed E-state index contributed by atoms with van der Waals surface area (Å²) in [5.41, 5.74) is 4.45. The van der Waals surface area contributed by atoms with Crippen LogP contribution in [0.5, 0.6) is 0 Å². The number of para-hydroxylation sites is 1. The Morgan fingerprint density at radius 1 is 1.00 bits per heavy atom. The van der Waals surface area contributed by atoms with Gasteiger partial charge in [0.25, 0.3) is 5.91 Å². The number of anilines is 2. The third-order valence-electron chi connectivity index (χ3n) is 3.08. The van der Waals surface area contributed by atoms with Crippen LogP contribution < -0.4 is 10.6 Å². The Hall–Kier alpha value is -2.29. The molecule has 0 radical (unpaired) electrons. The van der Waals surface area contributed by atoms with Gasteiger partial charge in [0.05, 0.1) is 5.56 Å². The molecule has 98 valence electrons. The molecule has 3 nitrogen and oxygen atoms in total. The average Bonchev–Trinajstić information content (AvgIpc) is 2.41. The lowest BCUT2D eigenvalue weighted by molar-refractivity contribution is 0.102. The molecule has 19 heavy (non-hydrogen) atoms. The summed E-state index contributed by atoms with van der Waals surface area (Å²) in [6.45, 7) is 3.95. The van der Waals surface area contributed by atoms with E-state index in [-0.39, 0.29) is 5.91 Å². The topological polar surface area (TPSA) is 41.1 Å². The van der Waals surface area contributed by atoms with Gasteiger partial charge in [-0.2, -0.15) is 0 Å². The Morgan fingerprint density at radius 2 is 1.74 bits per heavy atom. The molecule has 0 aliphatic rings. The molecule has 0 atom stereocenters. The van der Waals surface area contributed by atoms with Crippen LogP contribution in [0, 0.1) is 13.8 Å². The third kappa shape index (κ3) is 2.94. The predicted octanol–water partition coefficient (Wildman–Crippen LogP) is 3.60. The number of amides is 1. The number of rotatable bonds is 3. The van der Waals surface area contributed by atoms with Crippen LogP contribution in [0.3, 0.4) is 0 Å². The summed E-state index contributed by atoms with van der Waals surface area (Å²) < 4.78 is 0. The maximum absolute atomic E-state index is 12.3. The number of carbonyl (C=O) groups is 1. The minimum Gasteiger partial charge on any atom is -0.387 e. The molecule has 0 spiro atoms. The maximum Gasteiger partial charge on any atom is 0.257 e. The molecule has 1 amide bonds. The van der Waals surface area contributed by atoms with E-state index in [1.807, 2.05) is 63.4 Å². The van der Waals surface area contributed by atoms with E-state index in [9.17, 15) is 4.79 Å². The van der Waals surface area contributed by atoms with Gasteiger partial charge in [0.2, 0.25) is 0 Å². The van der Waals surface area contributed by atoms with E-state index in [4.69, 9.17) is 0 Å². The molecule has 0 saturated heterocycles. The first kappa shape index (κ1) is 13.1. The summed E-state index contributed by atoms with van der Waals surface area (Å²) in [5, 5.41) is 5.99. The standard InChI is InChI=1S/C16H18N2O/c1-11-8-9-15(17-3)13(10-11)16(19)18-14-7-5-4-6-12(14)2/h4-10,17H,1-3H3,(H,18,19). The van der Waals surface area contributed by atoms with Crippen LogP contribution in [0.1, 0.15) is 21.5 Å². The highest BCUT2D eigenvalue weighted by molar-refractivity contribution is 6.08. The van der Waals surface area contributed by atoms with E-state index in [0.717, 1.165) is 22.5 Å². The molecule has 0 unspecified atom stereocenters. The van der Waals surface area contributed by atoms with Gasteiger partial charge in [-0.05, 0) is 37.6 Å². The summed E-state index contributed by atoms with van der Waals surface area (Å²) in [7, 11) is 1.81. The van der Waals surface area contributed by atoms with E-state index in [0.29, 0.717) is 5.56 Å². The molecule has 2 rings (SSSR count). The quantitative estimate of drug-likeness (QED) is 0.878. The lowest BCUT2D eigenvalue weighted by Crippen LogP contribution is -2.14. The van der Waals surface area contributed by atoms with Gasteiger partial charge in [-0.1, -0.05) is 29.8 Å². The minimum absolute atomic E-state index is 0.0950. The normalized spacial score (nSPS) is 10.1. The number of nitrogens with one attached hydrogen (secondary N) is 2. The number of benzene rings is 2. The second kappa shape index (κ2) is 5.57. The van der Waals surface area contributed by atoms with Crippen molar-refractivity contribution in [2.75, 3.05) is 17.7 Å². The highest BCUT2D eigenvalue weighted by Crippen LogP contribution is 2.20. The zero-order valence-electron chi connectivity index (χ0n) is 11.4. The Bertz CT molecular complexity index is 605. The van der Waals surface area contributed by atoms with Crippen LogP contribution in [-0.4, -0.2) is 13.0 Å². The largest absolute Gasteiger partial charge is 0.387 e. The van der Waals surface area contributed by atoms with Crippen molar-refractivity contribution in [1.82, 2.24) is 0 Å². The van der Waals surface area contributed by atoms with E-state index >= 15 is 0 Å². The number of carbonyl (C=O) groups excluding carboxylic acids is 1. The van der Waals surface area contributed by atoms with Crippen LogP contribution in [-0.2, 0) is 0 Å². The van der Waals surface area contributed by atoms with E-state index in [2.05, 4.69) is 10.6 Å². The first-order valence-electron chi connectivity index (χ1n) is 6.27. The van der Waals surface area contributed by atoms with Crippen LogP contribution >= 0.6 is 0 Å². The van der Waals surface area contributed by atoms with E-state index < -0.39 is 0 Å². The van der Waals surface area contributed by atoms with Gasteiger partial charge in [0.15, 0.2) is 0 Å². The summed E-state index contributed by atoms with van der Waals surface area (Å²) in [6, 6.07) is 13.5. The van der Waals surface area contributed by atoms with Gasteiger partial charge >= 0.3 is 0 Å². The van der Waals surface area contributed by atoms with E-state index in [1.165, 1.54) is 0 Å². The first-order valence-corrected chi connectivity index (χ1v) is 6.27. The zero-order chi connectivity index (χ0) is 13.8. The minimum atomic E-state index is -0.0950. The number of aryl methyl sites for hydroxylation is 2. The van der Waals surface area contributed by atoms with Crippen molar-refractivity contribution < 1.29 is 4.79 Å². The van der Waals surface area contributed by atoms with Crippen LogP contribution in [0.15, 0.2) is 42.5 Å². The van der Waals surface area contributed by atoms with Crippen molar-refractivity contribution in [2.45, 2.75) is 13.8 Å². The molecule has 0 fully saturated rings. The molecule has 0 bridgehead atoms. The summed E-state index contributed by atoms with van der Waals surface area (Å²) in [5.74, 6) is -0.0950. The lowest BCUT2D eigenvalue weighted by atomic mass is 10.1. The second-order valence-corrected chi connectivity index (χ2v) is 4.57. The molecule has 3 heteroatoms. The lowest BCUT2D eigenvalue weighted by Gasteiger charge is -2.12. The molecule has 2 N–H and O–H groups in total. The number of hydrogen-bond donors (Lipinski definition) is 2. The highest BCUT2D eigenvalue weighted by atomic mass is 16.1. The van der Waals surface area contributed by atoms with Crippen molar-refractivity contribution >= 4 is 17.3 Å².